The molecule has 0 atom stereocenters. The molecule has 4 nitrogen and oxygen atoms in total. The number of ketones is 1. The van der Waals surface area contributed by atoms with Gasteiger partial charge in [0.25, 0.3) is 5.69 Å². The number of Topliss-reactive ketones (excluding diaryl/α,β-unsaturated/α-hetero) is 1. The summed E-state index contributed by atoms with van der Waals surface area (Å²) in [6.45, 7) is 0. The molecule has 0 aromatic heterocycles. The molecule has 0 spiro atoms. The number of aryl methyl sites for hydroxylation is 2. The minimum Gasteiger partial charge on any atom is -0.294 e. The normalized spacial score (nSPS) is 17.4. The number of hydrogen-bond donors (Lipinski definition) is 0. The first-order valence-corrected chi connectivity index (χ1v) is 5.53. The lowest BCUT2D eigenvalue weighted by Crippen LogP contribution is -2.04. The molecule has 0 bridgehead atoms. The van der Waals surface area contributed by atoms with Crippen molar-refractivity contribution in [2.45, 2.75) is 32.1 Å². The number of carbonyl (C=O) groups is 1. The minimum absolute atomic E-state index is 0.0589. The maximum atomic E-state index is 11.7. The monoisotopic (exact) mass is 217 g/mol. The number of fused-ring (bicyclic) bond motifs is 2. The van der Waals surface area contributed by atoms with Crippen LogP contribution in [0.5, 0.6) is 0 Å². The summed E-state index contributed by atoms with van der Waals surface area (Å²) in [6, 6.07) is 2.01. The molecule has 3 rings (SSSR count). The van der Waals surface area contributed by atoms with Crippen LogP contribution in [0.15, 0.2) is 6.07 Å². The predicted octanol–water partition coefficient (Wildman–Crippen LogP) is 2.21. The van der Waals surface area contributed by atoms with Crippen molar-refractivity contribution in [3.05, 3.63) is 38.4 Å². The minimum atomic E-state index is -0.369. The number of carbonyl (C=O) groups excluding carboxylic acids is 1. The van der Waals surface area contributed by atoms with Gasteiger partial charge in [-0.15, -0.1) is 0 Å². The number of nitro benzene ring substituents is 1. The summed E-state index contributed by atoms with van der Waals surface area (Å²) in [4.78, 5) is 22.4. The molecule has 1 aromatic carbocycles. The molecule has 0 radical (unpaired) electrons. The van der Waals surface area contributed by atoms with Crippen LogP contribution in [0, 0.1) is 10.1 Å². The van der Waals surface area contributed by atoms with Crippen LogP contribution in [0.25, 0.3) is 0 Å². The zero-order valence-electron chi connectivity index (χ0n) is 8.78. The molecule has 0 unspecified atom stereocenters. The fraction of sp³-hybridized carbons (Fsp3) is 0.417. The number of nitro groups is 1. The van der Waals surface area contributed by atoms with Gasteiger partial charge in [0.15, 0.2) is 5.78 Å². The lowest BCUT2D eigenvalue weighted by molar-refractivity contribution is -0.385. The zero-order chi connectivity index (χ0) is 11.3. The van der Waals surface area contributed by atoms with Crippen LogP contribution in [-0.4, -0.2) is 10.7 Å². The van der Waals surface area contributed by atoms with E-state index in [0.717, 1.165) is 36.0 Å². The second-order valence-corrected chi connectivity index (χ2v) is 4.43. The topological polar surface area (TPSA) is 60.2 Å². The molecule has 0 amide bonds. The van der Waals surface area contributed by atoms with E-state index in [2.05, 4.69) is 0 Å². The first-order valence-electron chi connectivity index (χ1n) is 5.53. The summed E-state index contributed by atoms with van der Waals surface area (Å²) >= 11 is 0. The standard InChI is InChI=1S/C12H11NO3/c14-10-5-4-8-6-7-2-1-3-9(7)12(11(8)10)13(15)16/h6H,1-5H2. The lowest BCUT2D eigenvalue weighted by Gasteiger charge is -2.06. The number of nitrogens with zero attached hydrogens (tertiary/aromatic N) is 1. The largest absolute Gasteiger partial charge is 0.294 e. The third-order valence-corrected chi connectivity index (χ3v) is 3.54. The Morgan fingerprint density at radius 3 is 2.69 bits per heavy atom. The van der Waals surface area contributed by atoms with Crippen molar-refractivity contribution in [2.24, 2.45) is 0 Å². The van der Waals surface area contributed by atoms with Gasteiger partial charge in [0.2, 0.25) is 0 Å². The van der Waals surface area contributed by atoms with E-state index in [1.165, 1.54) is 0 Å². The smallest absolute Gasteiger partial charge is 0.283 e. The van der Waals surface area contributed by atoms with Crippen LogP contribution in [0.2, 0.25) is 0 Å². The Bertz CT molecular complexity index is 519. The third kappa shape index (κ3) is 1.13. The molecule has 0 saturated heterocycles. The highest BCUT2D eigenvalue weighted by Crippen LogP contribution is 2.39. The van der Waals surface area contributed by atoms with Crippen LogP contribution < -0.4 is 0 Å². The van der Waals surface area contributed by atoms with Gasteiger partial charge in [0.1, 0.15) is 0 Å². The molecule has 16 heavy (non-hydrogen) atoms. The van der Waals surface area contributed by atoms with Crippen molar-refractivity contribution in [3.8, 4) is 0 Å². The quantitative estimate of drug-likeness (QED) is 0.535. The van der Waals surface area contributed by atoms with E-state index in [1.807, 2.05) is 6.07 Å². The first kappa shape index (κ1) is 9.51. The molecule has 0 fully saturated rings. The molecule has 2 aliphatic rings. The van der Waals surface area contributed by atoms with Crippen molar-refractivity contribution in [3.63, 3.8) is 0 Å². The molecule has 2 aliphatic carbocycles. The molecular formula is C12H11NO3. The van der Waals surface area contributed by atoms with Crippen molar-refractivity contribution in [1.82, 2.24) is 0 Å². The average molecular weight is 217 g/mol. The molecular weight excluding hydrogens is 206 g/mol. The molecule has 0 aliphatic heterocycles. The average Bonchev–Trinajstić information content (AvgIpc) is 2.82. The highest BCUT2D eigenvalue weighted by Gasteiger charge is 2.34. The van der Waals surface area contributed by atoms with Gasteiger partial charge in [-0.25, -0.2) is 0 Å². The molecule has 0 heterocycles. The summed E-state index contributed by atoms with van der Waals surface area (Å²) in [5, 5.41) is 11.1. The Kier molecular flexibility index (Phi) is 1.87. The third-order valence-electron chi connectivity index (χ3n) is 3.54. The number of hydrogen-bond acceptors (Lipinski definition) is 3. The van der Waals surface area contributed by atoms with Gasteiger partial charge in [-0.2, -0.15) is 0 Å². The van der Waals surface area contributed by atoms with Crippen LogP contribution in [0.4, 0.5) is 5.69 Å². The van der Waals surface area contributed by atoms with Gasteiger partial charge in [0, 0.05) is 12.0 Å². The number of rotatable bonds is 1. The van der Waals surface area contributed by atoms with Crippen molar-refractivity contribution in [2.75, 3.05) is 0 Å². The van der Waals surface area contributed by atoms with E-state index < -0.39 is 0 Å². The van der Waals surface area contributed by atoms with Gasteiger partial charge in [-0.1, -0.05) is 6.07 Å². The Morgan fingerprint density at radius 2 is 1.94 bits per heavy atom. The Labute approximate surface area is 92.4 Å². The van der Waals surface area contributed by atoms with Crippen molar-refractivity contribution in [1.29, 1.82) is 0 Å². The SMILES string of the molecule is O=C1CCc2cc3c(c([N+](=O)[O-])c21)CCC3. The first-order chi connectivity index (χ1) is 7.68. The zero-order valence-corrected chi connectivity index (χ0v) is 8.78. The Morgan fingerprint density at radius 1 is 1.12 bits per heavy atom. The second kappa shape index (κ2) is 3.14. The molecule has 82 valence electrons. The van der Waals surface area contributed by atoms with Crippen LogP contribution in [0.3, 0.4) is 0 Å². The highest BCUT2D eigenvalue weighted by molar-refractivity contribution is 6.04. The maximum Gasteiger partial charge on any atom is 0.283 e. The Hall–Kier alpha value is -1.71. The van der Waals surface area contributed by atoms with E-state index in [-0.39, 0.29) is 16.4 Å². The van der Waals surface area contributed by atoms with Crippen LogP contribution in [-0.2, 0) is 19.3 Å². The molecule has 1 aromatic rings. The van der Waals surface area contributed by atoms with Gasteiger partial charge < -0.3 is 0 Å². The van der Waals surface area contributed by atoms with Crippen LogP contribution >= 0.6 is 0 Å². The fourth-order valence-electron chi connectivity index (χ4n) is 2.87. The van der Waals surface area contributed by atoms with E-state index in [1.54, 1.807) is 0 Å². The maximum absolute atomic E-state index is 11.7. The van der Waals surface area contributed by atoms with Gasteiger partial charge in [-0.3, -0.25) is 14.9 Å². The highest BCUT2D eigenvalue weighted by atomic mass is 16.6. The van der Waals surface area contributed by atoms with Crippen LogP contribution in [0.1, 0.15) is 39.9 Å². The summed E-state index contributed by atoms with van der Waals surface area (Å²) in [5.74, 6) is -0.0589. The van der Waals surface area contributed by atoms with E-state index in [9.17, 15) is 14.9 Å². The number of benzene rings is 1. The van der Waals surface area contributed by atoms with Crippen molar-refractivity contribution < 1.29 is 9.72 Å². The van der Waals surface area contributed by atoms with Gasteiger partial charge >= 0.3 is 0 Å². The molecule has 4 heteroatoms. The van der Waals surface area contributed by atoms with Gasteiger partial charge in [-0.05, 0) is 36.8 Å². The lowest BCUT2D eigenvalue weighted by atomic mass is 9.99. The predicted molar refractivity (Wildman–Crippen MR) is 57.8 cm³/mol. The van der Waals surface area contributed by atoms with Gasteiger partial charge in [0.05, 0.1) is 10.5 Å². The fourth-order valence-corrected chi connectivity index (χ4v) is 2.87. The summed E-state index contributed by atoms with van der Waals surface area (Å²) in [5.41, 5.74) is 3.27. The van der Waals surface area contributed by atoms with E-state index in [4.69, 9.17) is 0 Å². The Balaban J connectivity index is 2.35. The van der Waals surface area contributed by atoms with E-state index >= 15 is 0 Å². The summed E-state index contributed by atoms with van der Waals surface area (Å²) in [6.07, 6.45) is 3.72. The summed E-state index contributed by atoms with van der Waals surface area (Å²) < 4.78 is 0. The van der Waals surface area contributed by atoms with Crippen molar-refractivity contribution >= 4 is 11.5 Å². The summed E-state index contributed by atoms with van der Waals surface area (Å²) in [7, 11) is 0. The molecule has 0 saturated carbocycles. The molecule has 0 N–H and O–H groups in total. The second-order valence-electron chi connectivity index (χ2n) is 4.43. The van der Waals surface area contributed by atoms with E-state index in [0.29, 0.717) is 18.4 Å².